The van der Waals surface area contributed by atoms with E-state index in [1.54, 1.807) is 0 Å². The van der Waals surface area contributed by atoms with E-state index in [-0.39, 0.29) is 0 Å². The third-order valence-corrected chi connectivity index (χ3v) is 3.29. The highest BCUT2D eigenvalue weighted by Crippen LogP contribution is 2.23. The first-order valence-corrected chi connectivity index (χ1v) is 6.85. The quantitative estimate of drug-likeness (QED) is 0.612. The van der Waals surface area contributed by atoms with Crippen LogP contribution in [0.25, 0.3) is 0 Å². The van der Waals surface area contributed by atoms with Crippen LogP contribution >= 0.6 is 11.6 Å². The summed E-state index contributed by atoms with van der Waals surface area (Å²) in [6, 6.07) is 9.01. The van der Waals surface area contributed by atoms with E-state index in [2.05, 4.69) is 45.0 Å². The molecular formula is C15H23Cl. The van der Waals surface area contributed by atoms with Crippen LogP contribution in [0, 0.1) is 5.92 Å². The first-order chi connectivity index (χ1) is 7.67. The van der Waals surface area contributed by atoms with Gasteiger partial charge in [-0.3, -0.25) is 0 Å². The molecule has 0 heterocycles. The third-order valence-electron chi connectivity index (χ3n) is 2.92. The molecule has 0 aliphatic heterocycles. The predicted octanol–water partition coefficient (Wildman–Crippen LogP) is 5.01. The minimum Gasteiger partial charge on any atom is -0.126 e. The van der Waals surface area contributed by atoms with Gasteiger partial charge in [0.05, 0.1) is 0 Å². The van der Waals surface area contributed by atoms with E-state index >= 15 is 0 Å². The highest BCUT2D eigenvalue weighted by Gasteiger charge is 2.09. The average molecular weight is 239 g/mol. The third kappa shape index (κ3) is 4.17. The van der Waals surface area contributed by atoms with E-state index in [1.165, 1.54) is 30.4 Å². The molecule has 0 nitrogen and oxygen atoms in total. The van der Waals surface area contributed by atoms with Crippen molar-refractivity contribution in [1.29, 1.82) is 0 Å². The molecule has 1 heteroatoms. The molecule has 0 saturated heterocycles. The summed E-state index contributed by atoms with van der Waals surface area (Å²) in [5, 5.41) is 0. The monoisotopic (exact) mass is 238 g/mol. The molecule has 0 spiro atoms. The molecule has 0 aliphatic carbocycles. The number of hydrogen-bond donors (Lipinski definition) is 0. The molecule has 1 aromatic rings. The van der Waals surface area contributed by atoms with Crippen molar-refractivity contribution >= 4 is 11.6 Å². The minimum atomic E-state index is 0.528. The maximum absolute atomic E-state index is 6.00. The number of rotatable bonds is 6. The van der Waals surface area contributed by atoms with Gasteiger partial charge in [0.2, 0.25) is 0 Å². The molecule has 90 valence electrons. The van der Waals surface area contributed by atoms with Gasteiger partial charge in [-0.1, -0.05) is 51.5 Å². The van der Waals surface area contributed by atoms with Crippen molar-refractivity contribution in [1.82, 2.24) is 0 Å². The Labute approximate surface area is 105 Å². The molecule has 1 unspecified atom stereocenters. The van der Waals surface area contributed by atoms with Crippen LogP contribution in [-0.4, -0.2) is 5.88 Å². The van der Waals surface area contributed by atoms with E-state index < -0.39 is 0 Å². The van der Waals surface area contributed by atoms with Crippen molar-refractivity contribution in [3.63, 3.8) is 0 Å². The number of benzene rings is 1. The predicted molar refractivity (Wildman–Crippen MR) is 73.4 cm³/mol. The van der Waals surface area contributed by atoms with Crippen LogP contribution in [0.1, 0.15) is 50.7 Å². The molecule has 0 fully saturated rings. The Kier molecular flexibility index (Phi) is 5.90. The van der Waals surface area contributed by atoms with E-state index in [0.29, 0.717) is 5.92 Å². The number of alkyl halides is 1. The van der Waals surface area contributed by atoms with Gasteiger partial charge >= 0.3 is 0 Å². The van der Waals surface area contributed by atoms with Gasteiger partial charge in [0.1, 0.15) is 0 Å². The second kappa shape index (κ2) is 6.96. The standard InChI is InChI=1S/C15H23Cl/c1-4-5-15(11-16)14-8-6-13(7-9-14)10-12(2)3/h6-9,12,15H,4-5,10-11H2,1-3H3. The molecule has 1 aromatic carbocycles. The summed E-state index contributed by atoms with van der Waals surface area (Å²) in [6.07, 6.45) is 3.55. The largest absolute Gasteiger partial charge is 0.126 e. The molecule has 0 aliphatic rings. The van der Waals surface area contributed by atoms with Crippen LogP contribution in [0.4, 0.5) is 0 Å². The lowest BCUT2D eigenvalue weighted by molar-refractivity contribution is 0.644. The van der Waals surface area contributed by atoms with E-state index in [4.69, 9.17) is 11.6 Å². The van der Waals surface area contributed by atoms with Gasteiger partial charge in [-0.05, 0) is 35.8 Å². The van der Waals surface area contributed by atoms with Crippen LogP contribution < -0.4 is 0 Å². The lowest BCUT2D eigenvalue weighted by Crippen LogP contribution is -2.01. The second-order valence-corrected chi connectivity index (χ2v) is 5.29. The summed E-state index contributed by atoms with van der Waals surface area (Å²) >= 11 is 6.00. The van der Waals surface area contributed by atoms with Crippen LogP contribution in [0.5, 0.6) is 0 Å². The van der Waals surface area contributed by atoms with Crippen LogP contribution in [0.2, 0.25) is 0 Å². The molecular weight excluding hydrogens is 216 g/mol. The Hall–Kier alpha value is -0.490. The van der Waals surface area contributed by atoms with Gasteiger partial charge in [0.25, 0.3) is 0 Å². The lowest BCUT2D eigenvalue weighted by Gasteiger charge is -2.14. The highest BCUT2D eigenvalue weighted by atomic mass is 35.5. The Bertz CT molecular complexity index is 287. The van der Waals surface area contributed by atoms with Gasteiger partial charge in [0.15, 0.2) is 0 Å². The molecule has 16 heavy (non-hydrogen) atoms. The number of hydrogen-bond acceptors (Lipinski definition) is 0. The van der Waals surface area contributed by atoms with Crippen molar-refractivity contribution in [2.45, 2.75) is 46.0 Å². The zero-order chi connectivity index (χ0) is 12.0. The summed E-state index contributed by atoms with van der Waals surface area (Å²) in [7, 11) is 0. The molecule has 0 bridgehead atoms. The Morgan fingerprint density at radius 2 is 1.75 bits per heavy atom. The molecule has 0 saturated carbocycles. The van der Waals surface area contributed by atoms with Crippen molar-refractivity contribution in [2.75, 3.05) is 5.88 Å². The summed E-state index contributed by atoms with van der Waals surface area (Å²) in [5.74, 6) is 1.99. The maximum Gasteiger partial charge on any atom is 0.0292 e. The van der Waals surface area contributed by atoms with Gasteiger partial charge in [-0.15, -0.1) is 11.6 Å². The molecule has 1 atom stereocenters. The van der Waals surface area contributed by atoms with Crippen LogP contribution in [0.3, 0.4) is 0 Å². The van der Waals surface area contributed by atoms with Crippen molar-refractivity contribution in [2.24, 2.45) is 5.92 Å². The van der Waals surface area contributed by atoms with Gasteiger partial charge in [-0.2, -0.15) is 0 Å². The summed E-state index contributed by atoms with van der Waals surface area (Å²) in [4.78, 5) is 0. The lowest BCUT2D eigenvalue weighted by atomic mass is 9.94. The Morgan fingerprint density at radius 1 is 1.12 bits per heavy atom. The minimum absolute atomic E-state index is 0.528. The van der Waals surface area contributed by atoms with Crippen molar-refractivity contribution < 1.29 is 0 Å². The van der Waals surface area contributed by atoms with E-state index in [9.17, 15) is 0 Å². The fourth-order valence-electron chi connectivity index (χ4n) is 2.08. The normalized spacial score (nSPS) is 13.1. The zero-order valence-corrected chi connectivity index (χ0v) is 11.4. The van der Waals surface area contributed by atoms with Crippen molar-refractivity contribution in [3.05, 3.63) is 35.4 Å². The molecule has 0 amide bonds. The molecule has 0 aromatic heterocycles. The summed E-state index contributed by atoms with van der Waals surface area (Å²) in [5.41, 5.74) is 2.83. The van der Waals surface area contributed by atoms with Gasteiger partial charge < -0.3 is 0 Å². The van der Waals surface area contributed by atoms with Crippen molar-refractivity contribution in [3.8, 4) is 0 Å². The van der Waals surface area contributed by atoms with E-state index in [1.807, 2.05) is 0 Å². The second-order valence-electron chi connectivity index (χ2n) is 4.98. The molecule has 1 rings (SSSR count). The number of halogens is 1. The Balaban J connectivity index is 2.69. The van der Waals surface area contributed by atoms with Crippen LogP contribution in [0.15, 0.2) is 24.3 Å². The van der Waals surface area contributed by atoms with E-state index in [0.717, 1.165) is 11.8 Å². The fraction of sp³-hybridized carbons (Fsp3) is 0.600. The maximum atomic E-state index is 6.00. The topological polar surface area (TPSA) is 0 Å². The Morgan fingerprint density at radius 3 is 2.19 bits per heavy atom. The van der Waals surface area contributed by atoms with Gasteiger partial charge in [-0.25, -0.2) is 0 Å². The van der Waals surface area contributed by atoms with Gasteiger partial charge in [0, 0.05) is 5.88 Å². The smallest absolute Gasteiger partial charge is 0.0292 e. The highest BCUT2D eigenvalue weighted by molar-refractivity contribution is 6.18. The fourth-order valence-corrected chi connectivity index (χ4v) is 2.41. The molecule has 0 N–H and O–H groups in total. The first kappa shape index (κ1) is 13.6. The average Bonchev–Trinajstić information content (AvgIpc) is 2.26. The molecule has 0 radical (unpaired) electrons. The SMILES string of the molecule is CCCC(CCl)c1ccc(CC(C)C)cc1. The zero-order valence-electron chi connectivity index (χ0n) is 10.7. The van der Waals surface area contributed by atoms with Crippen LogP contribution in [-0.2, 0) is 6.42 Å². The first-order valence-electron chi connectivity index (χ1n) is 6.32. The summed E-state index contributed by atoms with van der Waals surface area (Å²) in [6.45, 7) is 6.73. The summed E-state index contributed by atoms with van der Waals surface area (Å²) < 4.78 is 0.